The molecule has 4 rings (SSSR count). The highest BCUT2D eigenvalue weighted by atomic mass is 16.1. The Morgan fingerprint density at radius 1 is 1.19 bits per heavy atom. The monoisotopic (exact) mass is 280 g/mol. The van der Waals surface area contributed by atoms with Crippen molar-refractivity contribution in [2.45, 2.75) is 44.2 Å². The lowest BCUT2D eigenvalue weighted by Gasteiger charge is -2.24. The van der Waals surface area contributed by atoms with E-state index in [-0.39, 0.29) is 11.8 Å². The molecule has 3 atom stereocenters. The summed E-state index contributed by atoms with van der Waals surface area (Å²) in [4.78, 5) is 17.1. The molecule has 1 aromatic heterocycles. The van der Waals surface area contributed by atoms with Crippen molar-refractivity contribution < 1.29 is 4.79 Å². The van der Waals surface area contributed by atoms with Crippen molar-refractivity contribution in [1.82, 2.24) is 10.3 Å². The maximum atomic E-state index is 12.9. The van der Waals surface area contributed by atoms with E-state index < -0.39 is 0 Å². The molecule has 2 aromatic rings. The Kier molecular flexibility index (Phi) is 3.23. The standard InChI is InChI=1S/C18H20N2O/c21-18(17-10-12-4-1-2-7-16(12)20-17)15-6-3-5-13-11-19-9-8-14(13)15/h3,5-6,8-9,11-12,16-17,20H,1-2,4,7,10H2. The number of hydrogen-bond acceptors (Lipinski definition) is 3. The van der Waals surface area contributed by atoms with Crippen molar-refractivity contribution in [3.63, 3.8) is 0 Å². The van der Waals surface area contributed by atoms with Crippen LogP contribution in [0.25, 0.3) is 10.8 Å². The SMILES string of the molecule is O=C(c1cccc2cnccc12)C1CC2CCCCC2N1. The number of rotatable bonds is 2. The van der Waals surface area contributed by atoms with Gasteiger partial charge in [-0.25, -0.2) is 0 Å². The van der Waals surface area contributed by atoms with Crippen LogP contribution in [0.2, 0.25) is 0 Å². The smallest absolute Gasteiger partial charge is 0.180 e. The number of Topliss-reactive ketones (excluding diaryl/α,β-unsaturated/α-hetero) is 1. The van der Waals surface area contributed by atoms with Gasteiger partial charge in [0.15, 0.2) is 5.78 Å². The van der Waals surface area contributed by atoms with Gasteiger partial charge in [0.1, 0.15) is 0 Å². The first kappa shape index (κ1) is 13.0. The van der Waals surface area contributed by atoms with Gasteiger partial charge in [-0.15, -0.1) is 0 Å². The molecule has 0 spiro atoms. The number of fused-ring (bicyclic) bond motifs is 2. The predicted octanol–water partition coefficient (Wildman–Crippen LogP) is 3.34. The maximum absolute atomic E-state index is 12.9. The normalized spacial score (nSPS) is 28.5. The number of nitrogens with one attached hydrogen (secondary N) is 1. The van der Waals surface area contributed by atoms with Gasteiger partial charge in [-0.05, 0) is 36.6 Å². The topological polar surface area (TPSA) is 42.0 Å². The predicted molar refractivity (Wildman–Crippen MR) is 83.4 cm³/mol. The van der Waals surface area contributed by atoms with E-state index >= 15 is 0 Å². The van der Waals surface area contributed by atoms with E-state index in [1.807, 2.05) is 30.5 Å². The van der Waals surface area contributed by atoms with Crippen molar-refractivity contribution in [2.75, 3.05) is 0 Å². The zero-order valence-corrected chi connectivity index (χ0v) is 12.1. The Morgan fingerprint density at radius 3 is 3.00 bits per heavy atom. The summed E-state index contributed by atoms with van der Waals surface area (Å²) in [5, 5.41) is 5.65. The fourth-order valence-corrected chi connectivity index (χ4v) is 4.05. The molecule has 3 heteroatoms. The minimum Gasteiger partial charge on any atom is -0.304 e. The molecule has 3 nitrogen and oxygen atoms in total. The molecule has 0 radical (unpaired) electrons. The van der Waals surface area contributed by atoms with Crippen LogP contribution in [-0.4, -0.2) is 22.9 Å². The molecule has 2 fully saturated rings. The third kappa shape index (κ3) is 2.26. The summed E-state index contributed by atoms with van der Waals surface area (Å²) < 4.78 is 0. The zero-order valence-electron chi connectivity index (χ0n) is 12.1. The summed E-state index contributed by atoms with van der Waals surface area (Å²) in [5.74, 6) is 0.950. The van der Waals surface area contributed by atoms with Crippen molar-refractivity contribution >= 4 is 16.6 Å². The summed E-state index contributed by atoms with van der Waals surface area (Å²) in [6, 6.07) is 8.43. The van der Waals surface area contributed by atoms with Crippen LogP contribution in [-0.2, 0) is 0 Å². The Labute approximate surface area is 124 Å². The molecule has 1 saturated carbocycles. The number of pyridine rings is 1. The van der Waals surface area contributed by atoms with Crippen LogP contribution in [0.1, 0.15) is 42.5 Å². The Hall–Kier alpha value is -1.74. The number of carbonyl (C=O) groups is 1. The molecule has 0 bridgehead atoms. The summed E-state index contributed by atoms with van der Waals surface area (Å²) in [6.45, 7) is 0. The first-order chi connectivity index (χ1) is 10.3. The average Bonchev–Trinajstić information content (AvgIpc) is 2.97. The lowest BCUT2D eigenvalue weighted by atomic mass is 9.84. The van der Waals surface area contributed by atoms with E-state index in [2.05, 4.69) is 10.3 Å². The minimum atomic E-state index is -0.00290. The molecular weight excluding hydrogens is 260 g/mol. The number of ketones is 1. The average molecular weight is 280 g/mol. The third-order valence-electron chi connectivity index (χ3n) is 5.13. The number of benzene rings is 1. The second-order valence-corrected chi connectivity index (χ2v) is 6.37. The van der Waals surface area contributed by atoms with Gasteiger partial charge in [-0.3, -0.25) is 9.78 Å². The summed E-state index contributed by atoms with van der Waals surface area (Å²) in [5.41, 5.74) is 0.839. The van der Waals surface area contributed by atoms with Gasteiger partial charge in [0.2, 0.25) is 0 Å². The molecule has 1 aliphatic carbocycles. The van der Waals surface area contributed by atoms with Crippen molar-refractivity contribution in [3.8, 4) is 0 Å². The van der Waals surface area contributed by atoms with Crippen LogP contribution in [0.4, 0.5) is 0 Å². The second-order valence-electron chi connectivity index (χ2n) is 6.37. The largest absolute Gasteiger partial charge is 0.304 e. The van der Waals surface area contributed by atoms with Gasteiger partial charge in [-0.2, -0.15) is 0 Å². The van der Waals surface area contributed by atoms with Crippen LogP contribution in [0.5, 0.6) is 0 Å². The molecule has 21 heavy (non-hydrogen) atoms. The molecule has 1 aliphatic heterocycles. The van der Waals surface area contributed by atoms with E-state index in [0.717, 1.165) is 22.8 Å². The number of nitrogens with zero attached hydrogens (tertiary/aromatic N) is 1. The van der Waals surface area contributed by atoms with Gasteiger partial charge < -0.3 is 5.32 Å². The lowest BCUT2D eigenvalue weighted by Crippen LogP contribution is -2.37. The highest BCUT2D eigenvalue weighted by molar-refractivity contribution is 6.10. The van der Waals surface area contributed by atoms with E-state index in [0.29, 0.717) is 12.0 Å². The molecule has 1 saturated heterocycles. The van der Waals surface area contributed by atoms with E-state index in [1.165, 1.54) is 25.7 Å². The quantitative estimate of drug-likeness (QED) is 0.858. The minimum absolute atomic E-state index is 0.00290. The van der Waals surface area contributed by atoms with Gasteiger partial charge in [-0.1, -0.05) is 31.0 Å². The van der Waals surface area contributed by atoms with Crippen LogP contribution in [0.15, 0.2) is 36.7 Å². The fraction of sp³-hybridized carbons (Fsp3) is 0.444. The molecular formula is C18H20N2O. The molecule has 108 valence electrons. The number of hydrogen-bond donors (Lipinski definition) is 1. The lowest BCUT2D eigenvalue weighted by molar-refractivity contribution is 0.0950. The highest BCUT2D eigenvalue weighted by Gasteiger charge is 2.38. The molecule has 2 heterocycles. The molecule has 0 amide bonds. The molecule has 3 unspecified atom stereocenters. The second kappa shape index (κ2) is 5.23. The van der Waals surface area contributed by atoms with Crippen molar-refractivity contribution in [1.29, 1.82) is 0 Å². The van der Waals surface area contributed by atoms with Gasteiger partial charge in [0, 0.05) is 29.4 Å². The zero-order chi connectivity index (χ0) is 14.2. The van der Waals surface area contributed by atoms with Gasteiger partial charge in [0.25, 0.3) is 0 Å². The first-order valence-electron chi connectivity index (χ1n) is 7.96. The molecule has 1 aromatic carbocycles. The Morgan fingerprint density at radius 2 is 2.10 bits per heavy atom. The summed E-state index contributed by atoms with van der Waals surface area (Å²) in [6.07, 6.45) is 9.73. The van der Waals surface area contributed by atoms with Crippen molar-refractivity contribution in [2.24, 2.45) is 5.92 Å². The van der Waals surface area contributed by atoms with Gasteiger partial charge in [0.05, 0.1) is 6.04 Å². The van der Waals surface area contributed by atoms with Crippen LogP contribution in [0, 0.1) is 5.92 Å². The number of aromatic nitrogens is 1. The highest BCUT2D eigenvalue weighted by Crippen LogP contribution is 2.34. The summed E-state index contributed by atoms with van der Waals surface area (Å²) in [7, 11) is 0. The third-order valence-corrected chi connectivity index (χ3v) is 5.13. The molecule has 2 aliphatic rings. The van der Waals surface area contributed by atoms with E-state index in [4.69, 9.17) is 0 Å². The summed E-state index contributed by atoms with van der Waals surface area (Å²) >= 11 is 0. The fourth-order valence-electron chi connectivity index (χ4n) is 4.05. The number of carbonyl (C=O) groups excluding carboxylic acids is 1. The van der Waals surface area contributed by atoms with Crippen LogP contribution in [0.3, 0.4) is 0 Å². The van der Waals surface area contributed by atoms with Crippen molar-refractivity contribution in [3.05, 3.63) is 42.2 Å². The van der Waals surface area contributed by atoms with E-state index in [9.17, 15) is 4.79 Å². The van der Waals surface area contributed by atoms with Crippen LogP contribution < -0.4 is 5.32 Å². The Balaban J connectivity index is 1.65. The first-order valence-corrected chi connectivity index (χ1v) is 7.96. The van der Waals surface area contributed by atoms with E-state index in [1.54, 1.807) is 6.20 Å². The van der Waals surface area contributed by atoms with Gasteiger partial charge >= 0.3 is 0 Å². The Bertz CT molecular complexity index is 662. The molecule has 1 N–H and O–H groups in total. The maximum Gasteiger partial charge on any atom is 0.180 e. The van der Waals surface area contributed by atoms with Crippen LogP contribution >= 0.6 is 0 Å².